The van der Waals surface area contributed by atoms with E-state index in [0.29, 0.717) is 33.9 Å². The third-order valence-corrected chi connectivity index (χ3v) is 6.11. The van der Waals surface area contributed by atoms with Crippen molar-refractivity contribution in [3.05, 3.63) is 88.5 Å². The van der Waals surface area contributed by atoms with Crippen LogP contribution in [-0.4, -0.2) is 39.5 Å². The Hall–Kier alpha value is -3.97. The zero-order chi connectivity index (χ0) is 25.2. The van der Waals surface area contributed by atoms with Gasteiger partial charge in [-0.05, 0) is 53.9 Å². The van der Waals surface area contributed by atoms with Gasteiger partial charge in [-0.3, -0.25) is 0 Å². The number of aryl methyl sites for hydroxylation is 1. The minimum atomic E-state index is -2.04. The third-order valence-electron chi connectivity index (χ3n) is 6.11. The molecule has 0 fully saturated rings. The summed E-state index contributed by atoms with van der Waals surface area (Å²) in [5.41, 5.74) is 3.27. The summed E-state index contributed by atoms with van der Waals surface area (Å²) < 4.78 is 27.4. The standard InChI is InChI=1S/C28H28O7/c1-17-12-18(10-11-24(17)33-4)13-23-26(19-14-20(31-2)16-21(15-19)32-3)27(29)35-28(23,30)22-8-6-7-9-25(22)34-5/h6-12,14-16,30H,13H2,1-5H3. The van der Waals surface area contributed by atoms with Gasteiger partial charge in [0.15, 0.2) is 0 Å². The van der Waals surface area contributed by atoms with Crippen LogP contribution in [0.25, 0.3) is 5.57 Å². The SMILES string of the molecule is COc1cc(OC)cc(C2=C(Cc3ccc(OC)c(C)c3)C(O)(c3ccccc3OC)OC2=O)c1. The van der Waals surface area contributed by atoms with Crippen LogP contribution >= 0.6 is 0 Å². The number of methoxy groups -OCH3 is 4. The molecule has 182 valence electrons. The van der Waals surface area contributed by atoms with Crippen molar-refractivity contribution >= 4 is 11.5 Å². The molecule has 0 bridgehead atoms. The van der Waals surface area contributed by atoms with Gasteiger partial charge in [0.1, 0.15) is 23.0 Å². The van der Waals surface area contributed by atoms with Crippen LogP contribution in [0.3, 0.4) is 0 Å². The number of carbonyl (C=O) groups excluding carboxylic acids is 1. The van der Waals surface area contributed by atoms with Crippen molar-refractivity contribution in [3.63, 3.8) is 0 Å². The van der Waals surface area contributed by atoms with Crippen LogP contribution in [0, 0.1) is 6.92 Å². The summed E-state index contributed by atoms with van der Waals surface area (Å²) in [5.74, 6) is -0.536. The number of benzene rings is 3. The van der Waals surface area contributed by atoms with E-state index in [0.717, 1.165) is 16.9 Å². The number of hydrogen-bond acceptors (Lipinski definition) is 7. The van der Waals surface area contributed by atoms with E-state index in [9.17, 15) is 9.90 Å². The first kappa shape index (κ1) is 24.2. The van der Waals surface area contributed by atoms with Crippen LogP contribution in [-0.2, 0) is 21.7 Å². The second-order valence-electron chi connectivity index (χ2n) is 8.17. The molecule has 1 aliphatic rings. The largest absolute Gasteiger partial charge is 0.497 e. The quantitative estimate of drug-likeness (QED) is 0.482. The fraction of sp³-hybridized carbons (Fsp3) is 0.250. The summed E-state index contributed by atoms with van der Waals surface area (Å²) in [6.45, 7) is 1.94. The van der Waals surface area contributed by atoms with Crippen LogP contribution < -0.4 is 18.9 Å². The molecule has 0 aliphatic carbocycles. The fourth-order valence-electron chi connectivity index (χ4n) is 4.39. The maximum Gasteiger partial charge on any atom is 0.342 e. The maximum atomic E-state index is 13.3. The molecule has 3 aromatic rings. The van der Waals surface area contributed by atoms with Crippen LogP contribution in [0.5, 0.6) is 23.0 Å². The molecule has 7 nitrogen and oxygen atoms in total. The summed E-state index contributed by atoms with van der Waals surface area (Å²) in [6.07, 6.45) is 0.236. The Morgan fingerprint density at radius 1 is 0.829 bits per heavy atom. The molecule has 1 unspecified atom stereocenters. The fourth-order valence-corrected chi connectivity index (χ4v) is 4.39. The average Bonchev–Trinajstić information content (AvgIpc) is 3.13. The highest BCUT2D eigenvalue weighted by atomic mass is 16.7. The smallest absolute Gasteiger partial charge is 0.342 e. The average molecular weight is 477 g/mol. The zero-order valence-electron chi connectivity index (χ0n) is 20.4. The predicted molar refractivity (Wildman–Crippen MR) is 131 cm³/mol. The summed E-state index contributed by atoms with van der Waals surface area (Å²) in [7, 11) is 6.18. The van der Waals surface area contributed by atoms with Gasteiger partial charge in [-0.25, -0.2) is 4.79 Å². The van der Waals surface area contributed by atoms with Crippen molar-refractivity contribution in [2.75, 3.05) is 28.4 Å². The van der Waals surface area contributed by atoms with Crippen LogP contribution in [0.2, 0.25) is 0 Å². The molecule has 4 rings (SSSR count). The topological polar surface area (TPSA) is 83.5 Å². The lowest BCUT2D eigenvalue weighted by molar-refractivity contribution is -0.185. The Bertz CT molecular complexity index is 1270. The van der Waals surface area contributed by atoms with Crippen molar-refractivity contribution < 1.29 is 33.6 Å². The number of rotatable bonds is 8. The highest BCUT2D eigenvalue weighted by molar-refractivity contribution is 6.20. The molecule has 1 N–H and O–H groups in total. The second-order valence-corrected chi connectivity index (χ2v) is 8.17. The van der Waals surface area contributed by atoms with Gasteiger partial charge >= 0.3 is 5.97 Å². The van der Waals surface area contributed by atoms with E-state index in [4.69, 9.17) is 23.7 Å². The van der Waals surface area contributed by atoms with E-state index < -0.39 is 11.8 Å². The summed E-state index contributed by atoms with van der Waals surface area (Å²) >= 11 is 0. The number of hydrogen-bond donors (Lipinski definition) is 1. The third kappa shape index (κ3) is 4.42. The molecule has 0 saturated heterocycles. The molecule has 35 heavy (non-hydrogen) atoms. The molecular weight excluding hydrogens is 448 g/mol. The van der Waals surface area contributed by atoms with E-state index in [1.807, 2.05) is 25.1 Å². The molecular formula is C28H28O7. The van der Waals surface area contributed by atoms with Gasteiger partial charge in [-0.15, -0.1) is 0 Å². The van der Waals surface area contributed by atoms with Gasteiger partial charge < -0.3 is 28.8 Å². The van der Waals surface area contributed by atoms with E-state index in [-0.39, 0.29) is 12.0 Å². The summed E-state index contributed by atoms with van der Waals surface area (Å²) in [4.78, 5) is 13.3. The van der Waals surface area contributed by atoms with Crippen LogP contribution in [0.15, 0.2) is 66.2 Å². The molecule has 0 amide bonds. The minimum Gasteiger partial charge on any atom is -0.497 e. The zero-order valence-corrected chi connectivity index (χ0v) is 20.4. The van der Waals surface area contributed by atoms with E-state index in [1.54, 1.807) is 49.6 Å². The number of ether oxygens (including phenoxy) is 5. The van der Waals surface area contributed by atoms with Gasteiger partial charge in [0.2, 0.25) is 0 Å². The lowest BCUT2D eigenvalue weighted by Crippen LogP contribution is -2.30. The number of esters is 1. The Balaban J connectivity index is 1.96. The lowest BCUT2D eigenvalue weighted by Gasteiger charge is -2.27. The molecule has 0 saturated carbocycles. The number of para-hydroxylation sites is 1. The Morgan fingerprint density at radius 2 is 1.49 bits per heavy atom. The molecule has 0 spiro atoms. The van der Waals surface area contributed by atoms with Crippen molar-refractivity contribution in [1.82, 2.24) is 0 Å². The van der Waals surface area contributed by atoms with Crippen LogP contribution in [0.4, 0.5) is 0 Å². The van der Waals surface area contributed by atoms with Crippen molar-refractivity contribution in [1.29, 1.82) is 0 Å². The summed E-state index contributed by atoms with van der Waals surface area (Å²) in [6, 6.07) is 17.8. The molecule has 0 radical (unpaired) electrons. The van der Waals surface area contributed by atoms with Crippen molar-refractivity contribution in [2.45, 2.75) is 19.1 Å². The van der Waals surface area contributed by atoms with Crippen molar-refractivity contribution in [2.24, 2.45) is 0 Å². The predicted octanol–water partition coefficient (Wildman–Crippen LogP) is 4.43. The Morgan fingerprint density at radius 3 is 2.09 bits per heavy atom. The van der Waals surface area contributed by atoms with Gasteiger partial charge in [0.25, 0.3) is 5.79 Å². The monoisotopic (exact) mass is 476 g/mol. The van der Waals surface area contributed by atoms with Gasteiger partial charge in [0.05, 0.1) is 39.6 Å². The van der Waals surface area contributed by atoms with Crippen molar-refractivity contribution in [3.8, 4) is 23.0 Å². The molecule has 3 aromatic carbocycles. The Kier molecular flexibility index (Phi) is 6.71. The number of aliphatic hydroxyl groups is 1. The number of carbonyl (C=O) groups is 1. The molecule has 1 aliphatic heterocycles. The molecule has 0 aromatic heterocycles. The van der Waals surface area contributed by atoms with Crippen LogP contribution in [0.1, 0.15) is 22.3 Å². The maximum absolute atomic E-state index is 13.3. The molecule has 7 heteroatoms. The van der Waals surface area contributed by atoms with E-state index in [1.165, 1.54) is 21.3 Å². The van der Waals surface area contributed by atoms with Gasteiger partial charge in [0, 0.05) is 18.1 Å². The highest BCUT2D eigenvalue weighted by Crippen LogP contribution is 2.48. The normalized spacial score (nSPS) is 17.3. The van der Waals surface area contributed by atoms with Gasteiger partial charge in [-0.2, -0.15) is 0 Å². The first-order valence-electron chi connectivity index (χ1n) is 11.0. The molecule has 1 atom stereocenters. The first-order chi connectivity index (χ1) is 16.8. The Labute approximate surface area is 204 Å². The molecule has 1 heterocycles. The number of cyclic esters (lactones) is 1. The van der Waals surface area contributed by atoms with E-state index >= 15 is 0 Å². The lowest BCUT2D eigenvalue weighted by atomic mass is 9.87. The minimum absolute atomic E-state index is 0.236. The van der Waals surface area contributed by atoms with Gasteiger partial charge in [-0.1, -0.05) is 24.3 Å². The highest BCUT2D eigenvalue weighted by Gasteiger charge is 2.49. The van der Waals surface area contributed by atoms with E-state index in [2.05, 4.69) is 0 Å². The summed E-state index contributed by atoms with van der Waals surface area (Å²) in [5, 5.41) is 12.0. The first-order valence-corrected chi connectivity index (χ1v) is 11.0. The second kappa shape index (κ2) is 9.72.